The monoisotopic (exact) mass is 265 g/mol. The smallest absolute Gasteiger partial charge is 0.240 e. The van der Waals surface area contributed by atoms with Gasteiger partial charge in [-0.05, 0) is 19.8 Å². The Labute approximate surface area is 114 Å². The number of amides is 2. The van der Waals surface area contributed by atoms with Crippen molar-refractivity contribution >= 4 is 11.8 Å². The lowest BCUT2D eigenvalue weighted by atomic mass is 9.81. The van der Waals surface area contributed by atoms with Crippen LogP contribution >= 0.6 is 0 Å². The fourth-order valence-electron chi connectivity index (χ4n) is 2.47. The molecule has 0 aliphatic heterocycles. The molecule has 0 aromatic heterocycles. The molecule has 1 rings (SSSR count). The zero-order valence-electron chi connectivity index (χ0n) is 11.6. The number of rotatable bonds is 5. The van der Waals surface area contributed by atoms with Crippen molar-refractivity contribution in [3.63, 3.8) is 0 Å². The highest BCUT2D eigenvalue weighted by Gasteiger charge is 2.38. The van der Waals surface area contributed by atoms with E-state index < -0.39 is 5.41 Å². The van der Waals surface area contributed by atoms with Gasteiger partial charge in [0.15, 0.2) is 0 Å². The van der Waals surface area contributed by atoms with Crippen LogP contribution < -0.4 is 10.6 Å². The van der Waals surface area contributed by atoms with E-state index in [0.29, 0.717) is 25.9 Å². The lowest BCUT2D eigenvalue weighted by molar-refractivity contribution is -0.129. The summed E-state index contributed by atoms with van der Waals surface area (Å²) < 4.78 is 0. The zero-order valence-corrected chi connectivity index (χ0v) is 11.6. The minimum absolute atomic E-state index is 0.0744. The first-order chi connectivity index (χ1) is 9.14. The van der Waals surface area contributed by atoms with E-state index in [2.05, 4.69) is 16.7 Å². The molecule has 0 aromatic rings. The molecule has 0 bridgehead atoms. The first kappa shape index (κ1) is 15.5. The van der Waals surface area contributed by atoms with Gasteiger partial charge in [-0.1, -0.05) is 25.7 Å². The van der Waals surface area contributed by atoms with Crippen LogP contribution in [0.3, 0.4) is 0 Å². The Hall–Kier alpha value is -1.57. The van der Waals surface area contributed by atoms with Crippen LogP contribution in [0.1, 0.15) is 51.9 Å². The molecule has 0 radical (unpaired) electrons. The fraction of sp³-hybridized carbons (Fsp3) is 0.786. The maximum absolute atomic E-state index is 12.2. The Morgan fingerprint density at radius 3 is 2.32 bits per heavy atom. The quantitative estimate of drug-likeness (QED) is 0.739. The second-order valence-corrected chi connectivity index (χ2v) is 5.07. The van der Waals surface area contributed by atoms with E-state index in [1.807, 2.05) is 6.92 Å². The number of nitrogens with one attached hydrogen (secondary N) is 2. The highest BCUT2D eigenvalue weighted by molar-refractivity contribution is 5.86. The molecule has 19 heavy (non-hydrogen) atoms. The van der Waals surface area contributed by atoms with Crippen LogP contribution in [0.4, 0.5) is 0 Å². The van der Waals surface area contributed by atoms with Gasteiger partial charge >= 0.3 is 0 Å². The summed E-state index contributed by atoms with van der Waals surface area (Å²) >= 11 is 0. The summed E-state index contributed by atoms with van der Waals surface area (Å²) in [5, 5.41) is 14.8. The highest BCUT2D eigenvalue weighted by Crippen LogP contribution is 2.34. The SMILES string of the molecule is CCNC(=O)CCNC(=O)C1(C#N)CCCCCC1. The molecule has 5 nitrogen and oxygen atoms in total. The van der Waals surface area contributed by atoms with Crippen LogP contribution in [0.5, 0.6) is 0 Å². The van der Waals surface area contributed by atoms with Crippen LogP contribution in [0.2, 0.25) is 0 Å². The van der Waals surface area contributed by atoms with Gasteiger partial charge in [-0.3, -0.25) is 9.59 Å². The normalized spacial score (nSPS) is 17.9. The molecule has 0 unspecified atom stereocenters. The van der Waals surface area contributed by atoms with E-state index in [9.17, 15) is 14.9 Å². The van der Waals surface area contributed by atoms with Crippen molar-refractivity contribution in [3.8, 4) is 6.07 Å². The maximum Gasteiger partial charge on any atom is 0.240 e. The number of carbonyl (C=O) groups is 2. The van der Waals surface area contributed by atoms with Crippen molar-refractivity contribution in [2.24, 2.45) is 5.41 Å². The summed E-state index contributed by atoms with van der Waals surface area (Å²) in [7, 11) is 0. The summed E-state index contributed by atoms with van der Waals surface area (Å²) in [5.41, 5.74) is -0.877. The third-order valence-corrected chi connectivity index (χ3v) is 3.62. The molecule has 0 heterocycles. The van der Waals surface area contributed by atoms with Crippen molar-refractivity contribution in [2.75, 3.05) is 13.1 Å². The van der Waals surface area contributed by atoms with E-state index >= 15 is 0 Å². The van der Waals surface area contributed by atoms with Gasteiger partial charge in [0, 0.05) is 19.5 Å². The molecule has 1 fully saturated rings. The average Bonchev–Trinajstić information content (AvgIpc) is 2.65. The standard InChI is InChI=1S/C14H23N3O2/c1-2-16-12(18)7-10-17-13(19)14(11-15)8-5-3-4-6-9-14/h2-10H2,1H3,(H,16,18)(H,17,19). The summed E-state index contributed by atoms with van der Waals surface area (Å²) in [6, 6.07) is 2.21. The first-order valence-corrected chi connectivity index (χ1v) is 7.11. The largest absolute Gasteiger partial charge is 0.356 e. The molecule has 1 aliphatic carbocycles. The summed E-state index contributed by atoms with van der Waals surface area (Å²) in [4.78, 5) is 23.5. The fourth-order valence-corrected chi connectivity index (χ4v) is 2.47. The molecule has 0 saturated heterocycles. The molecule has 106 valence electrons. The molecule has 2 N–H and O–H groups in total. The summed E-state index contributed by atoms with van der Waals surface area (Å²) in [5.74, 6) is -0.282. The van der Waals surface area contributed by atoms with Crippen LogP contribution in [-0.2, 0) is 9.59 Å². The predicted molar refractivity (Wildman–Crippen MR) is 72.1 cm³/mol. The van der Waals surface area contributed by atoms with Gasteiger partial charge in [0.25, 0.3) is 0 Å². The Balaban J connectivity index is 2.45. The Morgan fingerprint density at radius 1 is 1.16 bits per heavy atom. The van der Waals surface area contributed by atoms with Gasteiger partial charge in [0.05, 0.1) is 6.07 Å². The van der Waals surface area contributed by atoms with E-state index in [-0.39, 0.29) is 18.2 Å². The lowest BCUT2D eigenvalue weighted by Gasteiger charge is -2.23. The van der Waals surface area contributed by atoms with E-state index in [1.54, 1.807) is 0 Å². The molecule has 0 aromatic carbocycles. The average molecular weight is 265 g/mol. The molecule has 1 saturated carbocycles. The van der Waals surface area contributed by atoms with E-state index in [4.69, 9.17) is 0 Å². The number of hydrogen-bond acceptors (Lipinski definition) is 3. The van der Waals surface area contributed by atoms with Crippen LogP contribution in [0.15, 0.2) is 0 Å². The first-order valence-electron chi connectivity index (χ1n) is 7.11. The molecule has 0 spiro atoms. The summed E-state index contributed by atoms with van der Waals surface area (Å²) in [6.45, 7) is 2.75. The van der Waals surface area contributed by atoms with Crippen molar-refractivity contribution in [1.82, 2.24) is 10.6 Å². The van der Waals surface area contributed by atoms with E-state index in [0.717, 1.165) is 25.7 Å². The Bertz CT molecular complexity index is 352. The third kappa shape index (κ3) is 4.55. The van der Waals surface area contributed by atoms with Crippen molar-refractivity contribution in [2.45, 2.75) is 51.9 Å². The van der Waals surface area contributed by atoms with Gasteiger partial charge in [0.1, 0.15) is 5.41 Å². The van der Waals surface area contributed by atoms with Crippen molar-refractivity contribution in [1.29, 1.82) is 5.26 Å². The third-order valence-electron chi connectivity index (χ3n) is 3.62. The van der Waals surface area contributed by atoms with Gasteiger partial charge in [-0.15, -0.1) is 0 Å². The van der Waals surface area contributed by atoms with Crippen molar-refractivity contribution < 1.29 is 9.59 Å². The minimum Gasteiger partial charge on any atom is -0.356 e. The molecule has 2 amide bonds. The summed E-state index contributed by atoms with van der Waals surface area (Å²) in [6.07, 6.45) is 5.58. The number of hydrogen-bond donors (Lipinski definition) is 2. The van der Waals surface area contributed by atoms with Gasteiger partial charge in [-0.2, -0.15) is 5.26 Å². The maximum atomic E-state index is 12.2. The second-order valence-electron chi connectivity index (χ2n) is 5.07. The number of nitrogens with zero attached hydrogens (tertiary/aromatic N) is 1. The zero-order chi connectivity index (χ0) is 14.1. The molecule has 1 aliphatic rings. The van der Waals surface area contributed by atoms with Crippen molar-refractivity contribution in [3.05, 3.63) is 0 Å². The topological polar surface area (TPSA) is 82.0 Å². The molecular weight excluding hydrogens is 242 g/mol. The van der Waals surface area contributed by atoms with Gasteiger partial charge in [-0.25, -0.2) is 0 Å². The van der Waals surface area contributed by atoms with Crippen LogP contribution in [0.25, 0.3) is 0 Å². The Morgan fingerprint density at radius 2 is 1.79 bits per heavy atom. The number of carbonyl (C=O) groups excluding carboxylic acids is 2. The molecule has 0 atom stereocenters. The molecule has 5 heteroatoms. The van der Waals surface area contributed by atoms with Gasteiger partial charge < -0.3 is 10.6 Å². The minimum atomic E-state index is -0.877. The van der Waals surface area contributed by atoms with Gasteiger partial charge in [0.2, 0.25) is 11.8 Å². The van der Waals surface area contributed by atoms with E-state index in [1.165, 1.54) is 0 Å². The second kappa shape index (κ2) is 7.78. The Kier molecular flexibility index (Phi) is 6.34. The molecular formula is C14H23N3O2. The lowest BCUT2D eigenvalue weighted by Crippen LogP contribution is -2.41. The van der Waals surface area contributed by atoms with Crippen LogP contribution in [-0.4, -0.2) is 24.9 Å². The highest BCUT2D eigenvalue weighted by atomic mass is 16.2. The predicted octanol–water partition coefficient (Wildman–Crippen LogP) is 1.49. The van der Waals surface area contributed by atoms with Crippen LogP contribution in [0, 0.1) is 16.7 Å². The number of nitriles is 1.